The average molecular weight is 447 g/mol. The summed E-state index contributed by atoms with van der Waals surface area (Å²) in [7, 11) is 0. The summed E-state index contributed by atoms with van der Waals surface area (Å²) in [4.78, 5) is 51.7. The third kappa shape index (κ3) is 5.07. The molecular weight excluding hydrogens is 418 g/mol. The molecule has 1 atom stereocenters. The van der Waals surface area contributed by atoms with E-state index in [9.17, 15) is 19.5 Å². The van der Waals surface area contributed by atoms with Gasteiger partial charge in [-0.25, -0.2) is 0 Å². The fourth-order valence-corrected chi connectivity index (χ4v) is 4.81. The number of carbonyl (C=O) groups excluding carboxylic acids is 3. The molecule has 3 heterocycles. The average Bonchev–Trinajstić information content (AvgIpc) is 3.39. The molecule has 2 aliphatic heterocycles. The summed E-state index contributed by atoms with van der Waals surface area (Å²) in [6.45, 7) is 0.564. The molecule has 32 heavy (non-hydrogen) atoms. The fraction of sp³-hybridized carbons (Fsp3) is 0.591. The van der Waals surface area contributed by atoms with Crippen molar-refractivity contribution in [2.75, 3.05) is 13.1 Å². The second-order valence-electron chi connectivity index (χ2n) is 8.47. The van der Waals surface area contributed by atoms with E-state index in [-0.39, 0.29) is 57.2 Å². The van der Waals surface area contributed by atoms with Gasteiger partial charge in [0.05, 0.1) is 24.6 Å². The molecule has 3 fully saturated rings. The zero-order chi connectivity index (χ0) is 23.2. The molecule has 10 nitrogen and oxygen atoms in total. The largest absolute Gasteiger partial charge is 0.483 e. The van der Waals surface area contributed by atoms with Crippen molar-refractivity contribution >= 4 is 24.3 Å². The normalized spacial score (nSPS) is 23.1. The molecule has 4 rings (SSSR count). The lowest BCUT2D eigenvalue weighted by Gasteiger charge is -2.39. The van der Waals surface area contributed by atoms with Gasteiger partial charge in [0.25, 0.3) is 12.4 Å². The van der Waals surface area contributed by atoms with Gasteiger partial charge in [0.2, 0.25) is 5.91 Å². The number of nitrogens with zero attached hydrogens (tertiary/aromatic N) is 2. The van der Waals surface area contributed by atoms with Gasteiger partial charge in [-0.1, -0.05) is 6.07 Å². The van der Waals surface area contributed by atoms with Gasteiger partial charge in [0.1, 0.15) is 11.2 Å². The minimum absolute atomic E-state index is 0.0892. The van der Waals surface area contributed by atoms with Gasteiger partial charge in [-0.2, -0.15) is 0 Å². The maximum absolute atomic E-state index is 13.1. The highest BCUT2D eigenvalue weighted by atomic mass is 16.6. The number of carboxylic acid groups (broad SMARTS) is 1. The summed E-state index contributed by atoms with van der Waals surface area (Å²) in [5.41, 5.74) is -1.43. The summed E-state index contributed by atoms with van der Waals surface area (Å²) in [5.74, 6) is -1.27. The molecule has 1 aliphatic carbocycles. The van der Waals surface area contributed by atoms with Gasteiger partial charge in [-0.15, -0.1) is 0 Å². The van der Waals surface area contributed by atoms with E-state index in [0.717, 1.165) is 25.7 Å². The van der Waals surface area contributed by atoms with Crippen LogP contribution in [0.15, 0.2) is 24.4 Å². The number of hydrogen-bond donors (Lipinski definition) is 3. The number of amides is 2. The molecule has 1 saturated carbocycles. The molecule has 2 saturated heterocycles. The van der Waals surface area contributed by atoms with Gasteiger partial charge in [-0.05, 0) is 37.8 Å². The Kier molecular flexibility index (Phi) is 7.44. The second kappa shape index (κ2) is 10.1. The van der Waals surface area contributed by atoms with Crippen molar-refractivity contribution in [1.82, 2.24) is 15.2 Å². The van der Waals surface area contributed by atoms with E-state index >= 15 is 0 Å². The minimum atomic E-state index is -1.50. The highest BCUT2D eigenvalue weighted by Crippen LogP contribution is 2.46. The van der Waals surface area contributed by atoms with Crippen LogP contribution in [0.2, 0.25) is 0 Å². The zero-order valence-electron chi connectivity index (χ0n) is 17.9. The SMILES string of the molecule is O=C1CC(C(=O)N2CCC(O)(C(=O)NCc3ccccn3)CC2)C2(CCCC2)O1.O=CO. The molecule has 1 spiro atoms. The second-order valence-corrected chi connectivity index (χ2v) is 8.47. The number of aliphatic hydroxyl groups is 1. The lowest BCUT2D eigenvalue weighted by Crippen LogP contribution is -2.56. The van der Waals surface area contributed by atoms with Crippen LogP contribution in [-0.2, 0) is 30.5 Å². The monoisotopic (exact) mass is 447 g/mol. The molecule has 10 heteroatoms. The fourth-order valence-electron chi connectivity index (χ4n) is 4.81. The van der Waals surface area contributed by atoms with Crippen LogP contribution in [0.3, 0.4) is 0 Å². The van der Waals surface area contributed by atoms with Crippen LogP contribution in [0, 0.1) is 5.92 Å². The van der Waals surface area contributed by atoms with Crippen molar-refractivity contribution in [3.63, 3.8) is 0 Å². The standard InChI is InChI=1S/C21H27N3O5.CH2O2/c25-17-13-16(21(29-17)6-2-3-7-21)18(26)24-11-8-20(28,9-12-24)19(27)23-14-15-5-1-4-10-22-15;2-1-3/h1,4-5,10,16,28H,2-3,6-9,11-14H2,(H,23,27);1H,(H,2,3). The molecule has 2 amide bonds. The number of pyridine rings is 1. The number of nitrogens with one attached hydrogen (secondary N) is 1. The number of esters is 1. The number of aromatic nitrogens is 1. The highest BCUT2D eigenvalue weighted by Gasteiger charge is 2.55. The van der Waals surface area contributed by atoms with Crippen LogP contribution in [0.5, 0.6) is 0 Å². The topological polar surface area (TPSA) is 146 Å². The van der Waals surface area contributed by atoms with Crippen LogP contribution in [0.1, 0.15) is 50.6 Å². The van der Waals surface area contributed by atoms with E-state index in [4.69, 9.17) is 14.6 Å². The van der Waals surface area contributed by atoms with Crippen LogP contribution in [-0.4, -0.2) is 68.6 Å². The first-order valence-corrected chi connectivity index (χ1v) is 10.8. The first-order chi connectivity index (χ1) is 15.3. The Morgan fingerprint density at radius 3 is 2.47 bits per heavy atom. The molecule has 3 N–H and O–H groups in total. The van der Waals surface area contributed by atoms with Crippen molar-refractivity contribution in [2.24, 2.45) is 5.92 Å². The third-order valence-corrected chi connectivity index (χ3v) is 6.55. The number of ether oxygens (including phenoxy) is 1. The van der Waals surface area contributed by atoms with Gasteiger partial charge in [0, 0.05) is 32.1 Å². The molecule has 1 aromatic heterocycles. The summed E-state index contributed by atoms with van der Waals surface area (Å²) < 4.78 is 5.58. The Labute approximate surface area is 186 Å². The molecule has 0 aromatic carbocycles. The molecule has 1 unspecified atom stereocenters. The van der Waals surface area contributed by atoms with Crippen LogP contribution >= 0.6 is 0 Å². The van der Waals surface area contributed by atoms with Crippen LogP contribution in [0.4, 0.5) is 0 Å². The van der Waals surface area contributed by atoms with Gasteiger partial charge in [0.15, 0.2) is 0 Å². The summed E-state index contributed by atoms with van der Waals surface area (Å²) in [6, 6.07) is 5.43. The molecular formula is C22H29N3O7. The van der Waals surface area contributed by atoms with E-state index in [2.05, 4.69) is 10.3 Å². The van der Waals surface area contributed by atoms with E-state index < -0.39 is 23.0 Å². The van der Waals surface area contributed by atoms with E-state index in [1.807, 2.05) is 6.07 Å². The molecule has 1 aromatic rings. The van der Waals surface area contributed by atoms with Crippen molar-refractivity contribution in [3.05, 3.63) is 30.1 Å². The summed E-state index contributed by atoms with van der Waals surface area (Å²) in [6.07, 6.45) is 5.52. The summed E-state index contributed by atoms with van der Waals surface area (Å²) >= 11 is 0. The van der Waals surface area contributed by atoms with Gasteiger partial charge >= 0.3 is 5.97 Å². The van der Waals surface area contributed by atoms with E-state index in [1.54, 1.807) is 23.2 Å². The molecule has 174 valence electrons. The zero-order valence-corrected chi connectivity index (χ0v) is 17.9. The number of carbonyl (C=O) groups is 4. The number of piperidine rings is 1. The lowest BCUT2D eigenvalue weighted by molar-refractivity contribution is -0.156. The Morgan fingerprint density at radius 1 is 1.22 bits per heavy atom. The maximum Gasteiger partial charge on any atom is 0.307 e. The molecule has 3 aliphatic rings. The maximum atomic E-state index is 13.1. The number of rotatable bonds is 4. The Balaban J connectivity index is 0.000000913. The van der Waals surface area contributed by atoms with Crippen molar-refractivity contribution in [1.29, 1.82) is 0 Å². The minimum Gasteiger partial charge on any atom is -0.483 e. The first kappa shape index (κ1) is 23.6. The van der Waals surface area contributed by atoms with Crippen molar-refractivity contribution < 1.29 is 34.1 Å². The van der Waals surface area contributed by atoms with Crippen molar-refractivity contribution in [3.8, 4) is 0 Å². The number of hydrogen-bond acceptors (Lipinski definition) is 7. The highest BCUT2D eigenvalue weighted by molar-refractivity contribution is 5.89. The Hall–Kier alpha value is -3.01. The van der Waals surface area contributed by atoms with Crippen LogP contribution in [0.25, 0.3) is 0 Å². The van der Waals surface area contributed by atoms with Gasteiger partial charge in [-0.3, -0.25) is 24.2 Å². The molecule has 0 bridgehead atoms. The van der Waals surface area contributed by atoms with E-state index in [0.29, 0.717) is 5.69 Å². The summed E-state index contributed by atoms with van der Waals surface area (Å²) in [5, 5.41) is 20.4. The predicted molar refractivity (Wildman–Crippen MR) is 111 cm³/mol. The quantitative estimate of drug-likeness (QED) is 0.450. The Bertz CT molecular complexity index is 831. The van der Waals surface area contributed by atoms with Crippen molar-refractivity contribution in [2.45, 2.75) is 62.7 Å². The molecule has 0 radical (unpaired) electrons. The third-order valence-electron chi connectivity index (χ3n) is 6.55. The van der Waals surface area contributed by atoms with Crippen LogP contribution < -0.4 is 5.32 Å². The lowest BCUT2D eigenvalue weighted by atomic mass is 9.83. The predicted octanol–water partition coefficient (Wildman–Crippen LogP) is 0.628. The number of likely N-dealkylation sites (tertiary alicyclic amines) is 1. The first-order valence-electron chi connectivity index (χ1n) is 10.8. The van der Waals surface area contributed by atoms with E-state index in [1.165, 1.54) is 0 Å². The Morgan fingerprint density at radius 2 is 1.88 bits per heavy atom. The smallest absolute Gasteiger partial charge is 0.307 e. The van der Waals surface area contributed by atoms with Gasteiger partial charge < -0.3 is 25.2 Å².